The number of carbonyl (C=O) groups excluding carboxylic acids is 2. The molecule has 1 aliphatic rings. The Kier molecular flexibility index (Phi) is 2.71. The lowest BCUT2D eigenvalue weighted by Crippen LogP contribution is -2.12. The Hall–Kier alpha value is -0.900. The molecular weight excluding hydrogens is 172 g/mol. The van der Waals surface area contributed by atoms with Crippen LogP contribution in [0.25, 0.3) is 0 Å². The summed E-state index contributed by atoms with van der Waals surface area (Å²) >= 11 is 0. The first-order chi connectivity index (χ1) is 6.05. The van der Waals surface area contributed by atoms with Crippen molar-refractivity contribution in [2.75, 3.05) is 13.9 Å². The molecule has 0 aliphatic heterocycles. The van der Waals surface area contributed by atoms with Gasteiger partial charge >= 0.3 is 5.97 Å². The average Bonchev–Trinajstić information content (AvgIpc) is 2.63. The molecule has 0 aromatic heterocycles. The van der Waals surface area contributed by atoms with Gasteiger partial charge in [0.15, 0.2) is 6.79 Å². The van der Waals surface area contributed by atoms with Gasteiger partial charge in [-0.2, -0.15) is 0 Å². The summed E-state index contributed by atoms with van der Waals surface area (Å²) in [6, 6.07) is 0. The number of methoxy groups -OCH3 is 1. The van der Waals surface area contributed by atoms with E-state index in [0.717, 1.165) is 6.29 Å². The van der Waals surface area contributed by atoms with Gasteiger partial charge in [0.2, 0.25) is 0 Å². The lowest BCUT2D eigenvalue weighted by molar-refractivity contribution is -0.157. The highest BCUT2D eigenvalue weighted by Crippen LogP contribution is 2.57. The molecule has 1 rings (SSSR count). The Labute approximate surface area is 77.2 Å². The van der Waals surface area contributed by atoms with Crippen molar-refractivity contribution >= 4 is 12.3 Å². The van der Waals surface area contributed by atoms with Gasteiger partial charge in [-0.05, 0) is 5.41 Å². The second-order valence-corrected chi connectivity index (χ2v) is 3.83. The Bertz CT molecular complexity index is 222. The number of aldehydes is 1. The fourth-order valence-electron chi connectivity index (χ4n) is 1.59. The zero-order valence-electron chi connectivity index (χ0n) is 8.07. The highest BCUT2D eigenvalue weighted by Gasteiger charge is 2.62. The van der Waals surface area contributed by atoms with Crippen LogP contribution in [-0.2, 0) is 19.1 Å². The van der Waals surface area contributed by atoms with Crippen molar-refractivity contribution in [3.8, 4) is 0 Å². The van der Waals surface area contributed by atoms with E-state index in [1.807, 2.05) is 13.8 Å². The first-order valence-corrected chi connectivity index (χ1v) is 4.16. The molecule has 0 radical (unpaired) electrons. The summed E-state index contributed by atoms with van der Waals surface area (Å²) in [6.45, 7) is 3.71. The molecule has 1 fully saturated rings. The van der Waals surface area contributed by atoms with Gasteiger partial charge in [0.05, 0.1) is 5.92 Å². The molecule has 1 aliphatic carbocycles. The van der Waals surface area contributed by atoms with Crippen molar-refractivity contribution in [2.45, 2.75) is 13.8 Å². The lowest BCUT2D eigenvalue weighted by Gasteiger charge is -2.03. The standard InChI is InChI=1S/C9H14O4/c1-9(2)6(4-10)7(9)8(11)13-5-12-3/h4,6-7H,5H2,1-3H3. The van der Waals surface area contributed by atoms with Crippen LogP contribution < -0.4 is 0 Å². The lowest BCUT2D eigenvalue weighted by atomic mass is 10.1. The van der Waals surface area contributed by atoms with Crippen molar-refractivity contribution in [3.63, 3.8) is 0 Å². The maximum Gasteiger partial charge on any atom is 0.312 e. The van der Waals surface area contributed by atoms with E-state index in [1.54, 1.807) is 0 Å². The van der Waals surface area contributed by atoms with Gasteiger partial charge in [0.25, 0.3) is 0 Å². The summed E-state index contributed by atoms with van der Waals surface area (Å²) in [6.07, 6.45) is 0.818. The van der Waals surface area contributed by atoms with Crippen LogP contribution in [0.1, 0.15) is 13.8 Å². The number of esters is 1. The Balaban J connectivity index is 2.46. The molecule has 0 aromatic rings. The van der Waals surface area contributed by atoms with Gasteiger partial charge in [-0.3, -0.25) is 4.79 Å². The predicted molar refractivity (Wildman–Crippen MR) is 44.8 cm³/mol. The Morgan fingerprint density at radius 1 is 1.54 bits per heavy atom. The second kappa shape index (κ2) is 3.46. The van der Waals surface area contributed by atoms with Crippen molar-refractivity contribution in [3.05, 3.63) is 0 Å². The summed E-state index contributed by atoms with van der Waals surface area (Å²) < 4.78 is 9.36. The highest BCUT2D eigenvalue weighted by atomic mass is 16.7. The molecule has 74 valence electrons. The molecule has 1 saturated carbocycles. The molecule has 13 heavy (non-hydrogen) atoms. The van der Waals surface area contributed by atoms with E-state index in [9.17, 15) is 9.59 Å². The van der Waals surface area contributed by atoms with Crippen LogP contribution in [-0.4, -0.2) is 26.2 Å². The smallest absolute Gasteiger partial charge is 0.312 e. The van der Waals surface area contributed by atoms with Crippen molar-refractivity contribution in [1.82, 2.24) is 0 Å². The van der Waals surface area contributed by atoms with Gasteiger partial charge < -0.3 is 14.3 Å². The zero-order valence-corrected chi connectivity index (χ0v) is 8.07. The summed E-state index contributed by atoms with van der Waals surface area (Å²) in [5, 5.41) is 0. The van der Waals surface area contributed by atoms with Crippen molar-refractivity contribution < 1.29 is 19.1 Å². The minimum atomic E-state index is -0.344. The number of rotatable bonds is 4. The highest BCUT2D eigenvalue weighted by molar-refractivity contribution is 5.84. The van der Waals surface area contributed by atoms with Crippen LogP contribution in [0.2, 0.25) is 0 Å². The Morgan fingerprint density at radius 2 is 2.15 bits per heavy atom. The Morgan fingerprint density at radius 3 is 2.54 bits per heavy atom. The fraction of sp³-hybridized carbons (Fsp3) is 0.778. The van der Waals surface area contributed by atoms with Crippen molar-refractivity contribution in [1.29, 1.82) is 0 Å². The van der Waals surface area contributed by atoms with E-state index in [2.05, 4.69) is 4.74 Å². The molecule has 0 aromatic carbocycles. The molecule has 0 bridgehead atoms. The zero-order chi connectivity index (χ0) is 10.1. The maximum atomic E-state index is 11.3. The molecular formula is C9H14O4. The molecule has 0 N–H and O–H groups in total. The molecule has 2 unspecified atom stereocenters. The second-order valence-electron chi connectivity index (χ2n) is 3.83. The van der Waals surface area contributed by atoms with Crippen LogP contribution in [0.15, 0.2) is 0 Å². The summed E-state index contributed by atoms with van der Waals surface area (Å²) in [4.78, 5) is 21.8. The van der Waals surface area contributed by atoms with Gasteiger partial charge in [0, 0.05) is 13.0 Å². The fourth-order valence-corrected chi connectivity index (χ4v) is 1.59. The van der Waals surface area contributed by atoms with Gasteiger partial charge in [-0.15, -0.1) is 0 Å². The van der Waals surface area contributed by atoms with Crippen LogP contribution in [0, 0.1) is 17.3 Å². The van der Waals surface area contributed by atoms with Gasteiger partial charge in [-0.25, -0.2) is 0 Å². The SMILES string of the molecule is COCOC(=O)C1C(C=O)C1(C)C. The first-order valence-electron chi connectivity index (χ1n) is 4.16. The molecule has 0 saturated heterocycles. The van der Waals surface area contributed by atoms with Crippen LogP contribution >= 0.6 is 0 Å². The van der Waals surface area contributed by atoms with Crippen LogP contribution in [0.3, 0.4) is 0 Å². The molecule has 0 spiro atoms. The van der Waals surface area contributed by atoms with Crippen LogP contribution in [0.5, 0.6) is 0 Å². The molecule has 0 amide bonds. The van der Waals surface area contributed by atoms with Gasteiger partial charge in [0.1, 0.15) is 6.29 Å². The quantitative estimate of drug-likeness (QED) is 0.366. The number of hydrogen-bond acceptors (Lipinski definition) is 4. The maximum absolute atomic E-state index is 11.3. The van der Waals surface area contributed by atoms with E-state index in [0.29, 0.717) is 0 Å². The topological polar surface area (TPSA) is 52.6 Å². The average molecular weight is 186 g/mol. The summed E-state index contributed by atoms with van der Waals surface area (Å²) in [7, 11) is 1.45. The normalized spacial score (nSPS) is 29.5. The molecule has 4 nitrogen and oxygen atoms in total. The third-order valence-corrected chi connectivity index (χ3v) is 2.63. The van der Waals surface area contributed by atoms with E-state index in [-0.39, 0.29) is 30.0 Å². The minimum Gasteiger partial charge on any atom is -0.438 e. The number of carbonyl (C=O) groups is 2. The first kappa shape index (κ1) is 10.2. The third-order valence-electron chi connectivity index (χ3n) is 2.63. The molecule has 4 heteroatoms. The molecule has 0 heterocycles. The third kappa shape index (κ3) is 1.72. The predicted octanol–water partition coefficient (Wildman–Crippen LogP) is 0.605. The number of ether oxygens (including phenoxy) is 2. The van der Waals surface area contributed by atoms with E-state index < -0.39 is 0 Å². The van der Waals surface area contributed by atoms with E-state index in [4.69, 9.17) is 4.74 Å². The van der Waals surface area contributed by atoms with E-state index >= 15 is 0 Å². The minimum absolute atomic E-state index is 0.0447. The van der Waals surface area contributed by atoms with Crippen molar-refractivity contribution in [2.24, 2.45) is 17.3 Å². The monoisotopic (exact) mass is 186 g/mol. The number of hydrogen-bond donors (Lipinski definition) is 0. The summed E-state index contributed by atoms with van der Waals surface area (Å²) in [5.41, 5.74) is -0.243. The summed E-state index contributed by atoms with van der Waals surface area (Å²) in [5.74, 6) is -0.832. The molecule has 2 atom stereocenters. The largest absolute Gasteiger partial charge is 0.438 e. The van der Waals surface area contributed by atoms with Crippen LogP contribution in [0.4, 0.5) is 0 Å². The van der Waals surface area contributed by atoms with Gasteiger partial charge in [-0.1, -0.05) is 13.8 Å². The van der Waals surface area contributed by atoms with E-state index in [1.165, 1.54) is 7.11 Å².